The van der Waals surface area contributed by atoms with Crippen LogP contribution in [0.5, 0.6) is 0 Å². The monoisotopic (exact) mass is 341 g/mol. The minimum atomic E-state index is 0. The Hall–Kier alpha value is -0.0400. The summed E-state index contributed by atoms with van der Waals surface area (Å²) in [5, 5.41) is 6.27. The van der Waals surface area contributed by atoms with Gasteiger partial charge in [0, 0.05) is 27.2 Å². The van der Waals surface area contributed by atoms with Gasteiger partial charge in [-0.1, -0.05) is 0 Å². The number of ether oxygens (including phenoxy) is 1. The lowest BCUT2D eigenvalue weighted by atomic mass is 9.80. The van der Waals surface area contributed by atoms with Crippen molar-refractivity contribution in [2.24, 2.45) is 10.9 Å². The maximum atomic E-state index is 5.52. The summed E-state index contributed by atoms with van der Waals surface area (Å²) in [7, 11) is 3.66. The lowest BCUT2D eigenvalue weighted by molar-refractivity contribution is -0.0260. The second kappa shape index (κ2) is 9.04. The minimum absolute atomic E-state index is 0. The van der Waals surface area contributed by atoms with Crippen molar-refractivity contribution in [3.8, 4) is 0 Å². The number of hydrogen-bond acceptors (Lipinski definition) is 2. The summed E-state index contributed by atoms with van der Waals surface area (Å²) in [6.45, 7) is 3.91. The molecule has 0 heterocycles. The maximum Gasteiger partial charge on any atom is 0.190 e. The zero-order valence-electron chi connectivity index (χ0n) is 10.5. The van der Waals surface area contributed by atoms with Crippen LogP contribution in [-0.4, -0.2) is 39.3 Å². The third-order valence-corrected chi connectivity index (χ3v) is 2.90. The van der Waals surface area contributed by atoms with E-state index in [1.165, 1.54) is 19.3 Å². The van der Waals surface area contributed by atoms with Gasteiger partial charge in [0.1, 0.15) is 0 Å². The van der Waals surface area contributed by atoms with Crippen molar-refractivity contribution in [2.45, 2.75) is 32.3 Å². The van der Waals surface area contributed by atoms with E-state index in [9.17, 15) is 0 Å². The van der Waals surface area contributed by atoms with E-state index < -0.39 is 0 Å². The first-order valence-electron chi connectivity index (χ1n) is 5.80. The Labute approximate surface area is 116 Å². The van der Waals surface area contributed by atoms with Crippen molar-refractivity contribution in [1.82, 2.24) is 10.6 Å². The van der Waals surface area contributed by atoms with E-state index in [4.69, 9.17) is 4.74 Å². The molecule has 5 heteroatoms. The molecule has 1 aliphatic rings. The number of halogens is 1. The fraction of sp³-hybridized carbons (Fsp3) is 0.909. The molecule has 0 aliphatic heterocycles. The van der Waals surface area contributed by atoms with Crippen LogP contribution in [0.2, 0.25) is 0 Å². The second-order valence-corrected chi connectivity index (χ2v) is 3.95. The highest BCUT2D eigenvalue weighted by Crippen LogP contribution is 2.32. The molecule has 0 aromatic carbocycles. The molecule has 0 saturated heterocycles. The first-order valence-corrected chi connectivity index (χ1v) is 5.80. The van der Waals surface area contributed by atoms with E-state index >= 15 is 0 Å². The summed E-state index contributed by atoms with van der Waals surface area (Å²) in [5.74, 6) is 1.71. The van der Waals surface area contributed by atoms with Crippen molar-refractivity contribution in [1.29, 1.82) is 0 Å². The number of aliphatic imine (C=N–C) groups is 1. The van der Waals surface area contributed by atoms with Crippen molar-refractivity contribution in [3.63, 3.8) is 0 Å². The molecular weight excluding hydrogens is 317 g/mol. The van der Waals surface area contributed by atoms with Gasteiger partial charge < -0.3 is 15.4 Å². The Morgan fingerprint density at radius 3 is 2.62 bits per heavy atom. The molecule has 1 rings (SSSR count). The zero-order chi connectivity index (χ0) is 11.1. The average Bonchev–Trinajstić information content (AvgIpc) is 2.20. The summed E-state index contributed by atoms with van der Waals surface area (Å²) >= 11 is 0. The van der Waals surface area contributed by atoms with Gasteiger partial charge in [-0.15, -0.1) is 24.0 Å². The van der Waals surface area contributed by atoms with Gasteiger partial charge in [0.25, 0.3) is 0 Å². The van der Waals surface area contributed by atoms with Gasteiger partial charge in [0.2, 0.25) is 0 Å². The van der Waals surface area contributed by atoms with Gasteiger partial charge >= 0.3 is 0 Å². The van der Waals surface area contributed by atoms with Gasteiger partial charge in [-0.25, -0.2) is 0 Å². The van der Waals surface area contributed by atoms with Crippen molar-refractivity contribution >= 4 is 29.9 Å². The standard InChI is InChI=1S/C11H23N3O.HI/c1-4-15-10-7-9(8-10)5-6-14-11(12-2)13-3;/h9-10H,4-8H2,1-3H3,(H2,12,13,14);1H. The number of rotatable bonds is 5. The predicted octanol–water partition coefficient (Wildman–Crippen LogP) is 1.60. The maximum absolute atomic E-state index is 5.52. The number of guanidine groups is 1. The normalized spacial score (nSPS) is 24.3. The third-order valence-electron chi connectivity index (χ3n) is 2.90. The third kappa shape index (κ3) is 5.34. The Balaban J connectivity index is 0.00000225. The quantitative estimate of drug-likeness (QED) is 0.454. The van der Waals surface area contributed by atoms with E-state index in [0.717, 1.165) is 25.0 Å². The van der Waals surface area contributed by atoms with Crippen LogP contribution in [-0.2, 0) is 4.74 Å². The number of nitrogens with one attached hydrogen (secondary N) is 2. The van der Waals surface area contributed by atoms with Crippen LogP contribution in [0.25, 0.3) is 0 Å². The molecule has 0 bridgehead atoms. The molecule has 0 atom stereocenters. The largest absolute Gasteiger partial charge is 0.378 e. The lowest BCUT2D eigenvalue weighted by Crippen LogP contribution is -2.38. The van der Waals surface area contributed by atoms with Crippen LogP contribution in [0, 0.1) is 5.92 Å². The molecule has 0 radical (unpaired) electrons. The van der Waals surface area contributed by atoms with E-state index in [1.807, 2.05) is 7.05 Å². The molecule has 2 N–H and O–H groups in total. The summed E-state index contributed by atoms with van der Waals surface area (Å²) in [6.07, 6.45) is 4.20. The Kier molecular flexibility index (Phi) is 9.02. The molecule has 96 valence electrons. The van der Waals surface area contributed by atoms with Crippen LogP contribution in [0.1, 0.15) is 26.2 Å². The average molecular weight is 341 g/mol. The van der Waals surface area contributed by atoms with E-state index in [1.54, 1.807) is 7.05 Å². The molecule has 16 heavy (non-hydrogen) atoms. The molecule has 0 unspecified atom stereocenters. The fourth-order valence-electron chi connectivity index (χ4n) is 1.96. The molecular formula is C11H24IN3O. The molecule has 1 fully saturated rings. The summed E-state index contributed by atoms with van der Waals surface area (Å²) in [6, 6.07) is 0. The van der Waals surface area contributed by atoms with Crippen molar-refractivity contribution in [3.05, 3.63) is 0 Å². The molecule has 0 spiro atoms. The number of nitrogens with zero attached hydrogens (tertiary/aromatic N) is 1. The van der Waals surface area contributed by atoms with Crippen molar-refractivity contribution in [2.75, 3.05) is 27.2 Å². The summed E-state index contributed by atoms with van der Waals surface area (Å²) in [5.41, 5.74) is 0. The van der Waals surface area contributed by atoms with Crippen LogP contribution in [0.4, 0.5) is 0 Å². The van der Waals surface area contributed by atoms with Gasteiger partial charge in [-0.2, -0.15) is 0 Å². The van der Waals surface area contributed by atoms with Crippen LogP contribution in [0.3, 0.4) is 0 Å². The molecule has 0 aromatic rings. The molecule has 0 amide bonds. The fourth-order valence-corrected chi connectivity index (χ4v) is 1.96. The van der Waals surface area contributed by atoms with Crippen molar-refractivity contribution < 1.29 is 4.74 Å². The zero-order valence-corrected chi connectivity index (χ0v) is 12.8. The molecule has 0 aromatic heterocycles. The molecule has 1 saturated carbocycles. The Bertz CT molecular complexity index is 205. The van der Waals surface area contributed by atoms with E-state index in [-0.39, 0.29) is 24.0 Å². The predicted molar refractivity (Wildman–Crippen MR) is 78.6 cm³/mol. The van der Waals surface area contributed by atoms with Gasteiger partial charge in [0.15, 0.2) is 5.96 Å². The van der Waals surface area contributed by atoms with E-state index in [2.05, 4.69) is 22.5 Å². The SMILES string of the molecule is CCOC1CC(CCNC(=NC)NC)C1.I. The van der Waals surface area contributed by atoms with Gasteiger partial charge in [0.05, 0.1) is 6.10 Å². The van der Waals surface area contributed by atoms with Gasteiger partial charge in [-0.3, -0.25) is 4.99 Å². The van der Waals surface area contributed by atoms with Gasteiger partial charge in [-0.05, 0) is 32.1 Å². The first kappa shape index (κ1) is 16.0. The highest BCUT2D eigenvalue weighted by Gasteiger charge is 2.28. The minimum Gasteiger partial charge on any atom is -0.378 e. The lowest BCUT2D eigenvalue weighted by Gasteiger charge is -2.35. The Morgan fingerprint density at radius 2 is 2.12 bits per heavy atom. The molecule has 1 aliphatic carbocycles. The highest BCUT2D eigenvalue weighted by atomic mass is 127. The summed E-state index contributed by atoms with van der Waals surface area (Å²) in [4.78, 5) is 4.06. The van der Waals surface area contributed by atoms with Crippen LogP contribution >= 0.6 is 24.0 Å². The van der Waals surface area contributed by atoms with Crippen LogP contribution in [0.15, 0.2) is 4.99 Å². The smallest absolute Gasteiger partial charge is 0.190 e. The van der Waals surface area contributed by atoms with E-state index in [0.29, 0.717) is 6.10 Å². The second-order valence-electron chi connectivity index (χ2n) is 3.95. The van der Waals surface area contributed by atoms with Crippen LogP contribution < -0.4 is 10.6 Å². The highest BCUT2D eigenvalue weighted by molar-refractivity contribution is 14.0. The summed E-state index contributed by atoms with van der Waals surface area (Å²) < 4.78 is 5.52. The first-order chi connectivity index (χ1) is 7.30. The Morgan fingerprint density at radius 1 is 1.44 bits per heavy atom. The number of hydrogen-bond donors (Lipinski definition) is 2. The molecule has 4 nitrogen and oxygen atoms in total. The topological polar surface area (TPSA) is 45.6 Å².